The van der Waals surface area contributed by atoms with Crippen LogP contribution in [0.2, 0.25) is 5.16 Å². The summed E-state index contributed by atoms with van der Waals surface area (Å²) in [5.41, 5.74) is 16.5. The molecule has 0 rings (SSSR count). The maximum Gasteiger partial charge on any atom is 1.00 e. The van der Waals surface area contributed by atoms with Crippen molar-refractivity contribution in [3.8, 4) is 0 Å². The number of azide groups is 2. The summed E-state index contributed by atoms with van der Waals surface area (Å²) in [7, 11) is -1.45. The van der Waals surface area contributed by atoms with Gasteiger partial charge in [-0.15, -0.1) is 9.56 Å². The van der Waals surface area contributed by atoms with Crippen molar-refractivity contribution in [2.45, 2.75) is 44.2 Å². The Morgan fingerprint density at radius 2 is 1.69 bits per heavy atom. The van der Waals surface area contributed by atoms with Gasteiger partial charge in [0.1, 0.15) is 19.4 Å². The van der Waals surface area contributed by atoms with Crippen LogP contribution in [-0.2, 0) is 0 Å². The summed E-state index contributed by atoms with van der Waals surface area (Å²) in [6, 6.07) is 0. The van der Waals surface area contributed by atoms with Crippen LogP contribution in [0.4, 0.5) is 0 Å². The Bertz CT molecular complexity index is 237. The van der Waals surface area contributed by atoms with Crippen LogP contribution in [0.15, 0.2) is 9.56 Å². The molecule has 0 fully saturated rings. The smallest absolute Gasteiger partial charge is 1.00 e. The molecule has 0 unspecified atom stereocenters. The summed E-state index contributed by atoms with van der Waals surface area (Å²) in [5, 5.41) is 0.480. The van der Waals surface area contributed by atoms with Gasteiger partial charge in [-0.1, -0.05) is 44.2 Å². The molecular formula is C7H19LiN6Si2. The molecule has 0 saturated carbocycles. The third kappa shape index (κ3) is 11.7. The maximum absolute atomic E-state index is 8.26. The van der Waals surface area contributed by atoms with Gasteiger partial charge < -0.3 is 1.43 Å². The van der Waals surface area contributed by atoms with Gasteiger partial charge in [0.15, 0.2) is 0 Å². The van der Waals surface area contributed by atoms with Gasteiger partial charge in [0.05, 0.1) is 0 Å². The second kappa shape index (κ2) is 14.7. The fourth-order valence-corrected chi connectivity index (χ4v) is 4.11. The first-order valence-electron chi connectivity index (χ1n) is 5.36. The van der Waals surface area contributed by atoms with Crippen LogP contribution in [0.5, 0.6) is 0 Å². The second-order valence-electron chi connectivity index (χ2n) is 3.54. The zero-order valence-corrected chi connectivity index (χ0v) is 13.0. The Hall–Kier alpha value is -0.349. The minimum atomic E-state index is -0.724. The first kappa shape index (κ1) is 18.0. The molecule has 0 saturated heterocycles. The van der Waals surface area contributed by atoms with Crippen LogP contribution in [-0.4, -0.2) is 19.4 Å². The quantitative estimate of drug-likeness (QED) is 0.175. The van der Waals surface area contributed by atoms with E-state index in [1.807, 2.05) is 0 Å². The van der Waals surface area contributed by atoms with Crippen molar-refractivity contribution in [1.29, 1.82) is 0 Å². The molecule has 6 nitrogen and oxygen atoms in total. The summed E-state index contributed by atoms with van der Waals surface area (Å²) in [6.45, 7) is 2.18. The average molecular weight is 250 g/mol. The number of hydrogen-bond donors (Lipinski definition) is 0. The van der Waals surface area contributed by atoms with Crippen molar-refractivity contribution < 1.29 is 20.3 Å². The van der Waals surface area contributed by atoms with Gasteiger partial charge in [0.2, 0.25) is 0 Å². The molecule has 0 aromatic carbocycles. The molecule has 0 N–H and O–H groups in total. The Balaban J connectivity index is -0.000000980. The molecule has 0 aliphatic rings. The van der Waals surface area contributed by atoms with Crippen molar-refractivity contribution in [3.05, 3.63) is 20.9 Å². The Morgan fingerprint density at radius 1 is 1.12 bits per heavy atom. The summed E-state index contributed by atoms with van der Waals surface area (Å²) < 4.78 is 7.39. The van der Waals surface area contributed by atoms with Crippen LogP contribution in [0.3, 0.4) is 0 Å². The van der Waals surface area contributed by atoms with Crippen LogP contribution in [0, 0.1) is 0 Å². The summed E-state index contributed by atoms with van der Waals surface area (Å²) >= 11 is 0. The fourth-order valence-electron chi connectivity index (χ4n) is 1.40. The Labute approximate surface area is 114 Å². The van der Waals surface area contributed by atoms with E-state index in [9.17, 15) is 0 Å². The Kier molecular flexibility index (Phi) is 16.5. The molecule has 9 heteroatoms. The summed E-state index contributed by atoms with van der Waals surface area (Å²) in [5.74, 6) is 0. The minimum Gasteiger partial charge on any atom is -1.00 e. The topological polar surface area (TPSA) is 97.5 Å². The number of rotatable bonds is 9. The first-order chi connectivity index (χ1) is 7.35. The van der Waals surface area contributed by atoms with E-state index in [0.717, 1.165) is 6.42 Å². The number of nitrogens with zero attached hydrogens (tertiary/aromatic N) is 6. The van der Waals surface area contributed by atoms with Gasteiger partial charge in [0.25, 0.3) is 0 Å². The van der Waals surface area contributed by atoms with Gasteiger partial charge >= 0.3 is 18.9 Å². The van der Waals surface area contributed by atoms with E-state index < -0.39 is 19.4 Å². The van der Waals surface area contributed by atoms with E-state index in [1.165, 1.54) is 25.7 Å². The predicted octanol–water partition coefficient (Wildman–Crippen LogP) is -0.393. The van der Waals surface area contributed by atoms with Gasteiger partial charge in [-0.2, -0.15) is 0 Å². The molecule has 0 heterocycles. The van der Waals surface area contributed by atoms with Crippen molar-refractivity contribution in [3.63, 3.8) is 0 Å². The summed E-state index contributed by atoms with van der Waals surface area (Å²) in [4.78, 5) is 5.60. The molecule has 0 atom stereocenters. The van der Waals surface area contributed by atoms with Gasteiger partial charge in [-0.25, -0.2) is 0 Å². The van der Waals surface area contributed by atoms with E-state index in [0.29, 0.717) is 5.16 Å². The van der Waals surface area contributed by atoms with Crippen LogP contribution >= 0.6 is 0 Å². The first-order valence-corrected chi connectivity index (χ1v) is 8.26. The molecule has 86 valence electrons. The molecular weight excluding hydrogens is 231 g/mol. The van der Waals surface area contributed by atoms with Crippen molar-refractivity contribution in [2.75, 3.05) is 0 Å². The molecule has 0 aliphatic carbocycles. The Morgan fingerprint density at radius 3 is 2.12 bits per heavy atom. The molecule has 16 heavy (non-hydrogen) atoms. The largest absolute Gasteiger partial charge is 1.00 e. The monoisotopic (exact) mass is 250 g/mol. The molecule has 0 aliphatic heterocycles. The van der Waals surface area contributed by atoms with E-state index in [4.69, 9.17) is 11.1 Å². The molecule has 0 aromatic rings. The van der Waals surface area contributed by atoms with Crippen LogP contribution in [0.1, 0.15) is 40.5 Å². The van der Waals surface area contributed by atoms with Gasteiger partial charge in [-0.05, 0) is 20.9 Å². The van der Waals surface area contributed by atoms with Crippen LogP contribution < -0.4 is 18.9 Å². The predicted molar refractivity (Wildman–Crippen MR) is 69.0 cm³/mol. The number of unbranched alkanes of at least 4 members (excludes halogenated alkanes) is 3. The SMILES string of the molecule is CCCCCCC([SiH2]N=[N+]=[N-])[SiH2]N=[N+]=[N-].[H-].[Li+]. The summed E-state index contributed by atoms with van der Waals surface area (Å²) in [6.07, 6.45) is 6.00. The zero-order valence-electron chi connectivity index (χ0n) is 11.2. The third-order valence-corrected chi connectivity index (χ3v) is 6.25. The van der Waals surface area contributed by atoms with E-state index in [1.54, 1.807) is 0 Å². The van der Waals surface area contributed by atoms with Crippen LogP contribution in [0.25, 0.3) is 20.9 Å². The molecule has 0 bridgehead atoms. The van der Waals surface area contributed by atoms with Gasteiger partial charge in [0, 0.05) is 0 Å². The maximum atomic E-state index is 8.26. The van der Waals surface area contributed by atoms with E-state index in [2.05, 4.69) is 26.3 Å². The minimum absolute atomic E-state index is 0. The zero-order chi connectivity index (χ0) is 11.4. The molecule has 0 spiro atoms. The normalized spacial score (nSPS) is 12.1. The van der Waals surface area contributed by atoms with E-state index in [-0.39, 0.29) is 20.3 Å². The van der Waals surface area contributed by atoms with Gasteiger partial charge in [-0.3, -0.25) is 0 Å². The van der Waals surface area contributed by atoms with Crippen molar-refractivity contribution >= 4 is 19.4 Å². The van der Waals surface area contributed by atoms with Crippen molar-refractivity contribution in [2.24, 2.45) is 9.56 Å². The van der Waals surface area contributed by atoms with Crippen molar-refractivity contribution in [1.82, 2.24) is 0 Å². The standard InChI is InChI=1S/C7H18N6Si2.Li.H/c1-2-3-4-5-6-7(14-12-10-8)15-13-11-9;;/h7H,2-6,14-15H2,1H3;;/q;+1;-1. The fraction of sp³-hybridized carbons (Fsp3) is 1.00. The molecule has 0 radical (unpaired) electrons. The molecule has 0 amide bonds. The number of hydrogen-bond acceptors (Lipinski definition) is 2. The third-order valence-electron chi connectivity index (χ3n) is 2.27. The molecule has 0 aromatic heterocycles. The second-order valence-corrected chi connectivity index (χ2v) is 8.30. The average Bonchev–Trinajstić information content (AvgIpc) is 2.27. The van der Waals surface area contributed by atoms with E-state index >= 15 is 0 Å².